The van der Waals surface area contributed by atoms with Crippen molar-refractivity contribution in [3.8, 4) is 28.7 Å². The van der Waals surface area contributed by atoms with Crippen LogP contribution in [0.1, 0.15) is 121 Å². The first-order valence-electron chi connectivity index (χ1n) is 37.0. The second-order valence-electron chi connectivity index (χ2n) is 28.1. The normalized spacial score (nSPS) is 18.3. The predicted octanol–water partition coefficient (Wildman–Crippen LogP) is 20.1. The van der Waals surface area contributed by atoms with Gasteiger partial charge in [0.2, 0.25) is 0 Å². The number of rotatable bonds is 25. The van der Waals surface area contributed by atoms with Crippen LogP contribution < -0.4 is 41.3 Å². The fourth-order valence-electron chi connectivity index (χ4n) is 12.5. The van der Waals surface area contributed by atoms with Crippen molar-refractivity contribution in [1.82, 2.24) is 29.6 Å². The van der Waals surface area contributed by atoms with Crippen LogP contribution in [0.2, 0.25) is 0 Å². The number of halogens is 12. The number of nitrogens with zero attached hydrogens (tertiary/aromatic N) is 7. The number of likely N-dealkylation sites (tertiary alicyclic amines) is 3. The van der Waals surface area contributed by atoms with Crippen molar-refractivity contribution in [2.24, 2.45) is 23.7 Å². The predicted molar refractivity (Wildman–Crippen MR) is 435 cm³/mol. The summed E-state index contributed by atoms with van der Waals surface area (Å²) in [6, 6.07) is 28.0. The number of hydrogen-bond acceptors (Lipinski definition) is 18. The van der Waals surface area contributed by atoms with Crippen LogP contribution in [-0.4, -0.2) is 161 Å². The Hall–Kier alpha value is -7.32. The number of fused-ring (bicyclic) bond motifs is 1. The van der Waals surface area contributed by atoms with Gasteiger partial charge in [-0.15, -0.1) is 12.4 Å². The van der Waals surface area contributed by atoms with Crippen LogP contribution in [0.4, 0.5) is 61.6 Å². The number of alkyl halides is 1. The maximum absolute atomic E-state index is 13.3. The maximum Gasteiger partial charge on any atom is 0.337 e. The molecule has 4 fully saturated rings. The van der Waals surface area contributed by atoms with Gasteiger partial charge in [-0.25, -0.2) is 9.78 Å². The number of benzene rings is 6. The van der Waals surface area contributed by atoms with Crippen molar-refractivity contribution in [2.45, 2.75) is 121 Å². The number of carboxylic acids is 1. The molecule has 4 atom stereocenters. The monoisotopic (exact) mass is 1780 g/mol. The fraction of sp³-hybridized carbons (Fsp3) is 0.494. The summed E-state index contributed by atoms with van der Waals surface area (Å²) in [5, 5.41) is 40.0. The van der Waals surface area contributed by atoms with E-state index >= 15 is 0 Å². The van der Waals surface area contributed by atoms with Gasteiger partial charge in [0.15, 0.2) is 0 Å². The van der Waals surface area contributed by atoms with Gasteiger partial charge < -0.3 is 60.6 Å². The average molecular weight is 1790 g/mol. The number of aryl methyl sites for hydroxylation is 1. The first-order chi connectivity index (χ1) is 52.5. The Labute approximate surface area is 686 Å². The number of nitro groups is 2. The zero-order valence-corrected chi connectivity index (χ0v) is 70.3. The van der Waals surface area contributed by atoms with Crippen molar-refractivity contribution in [1.29, 1.82) is 0 Å². The van der Waals surface area contributed by atoms with Crippen molar-refractivity contribution < 1.29 is 101 Å². The van der Waals surface area contributed by atoms with Crippen LogP contribution >= 0.6 is 48.8 Å². The molecule has 114 heavy (non-hydrogen) atoms. The van der Waals surface area contributed by atoms with Gasteiger partial charge in [-0.2, -0.15) is 0 Å². The molecule has 0 bridgehead atoms. The molecule has 5 heterocycles. The Morgan fingerprint density at radius 3 is 1.27 bits per heavy atom. The summed E-state index contributed by atoms with van der Waals surface area (Å²) in [6.45, 7) is 26.1. The third-order valence-electron chi connectivity index (χ3n) is 18.2. The van der Waals surface area contributed by atoms with E-state index in [1.54, 1.807) is 48.5 Å². The number of aliphatic hydroxyl groups excluding tert-OH is 1. The molecule has 6 aromatic carbocycles. The van der Waals surface area contributed by atoms with Crippen LogP contribution in [0.3, 0.4) is 0 Å². The topological polar surface area (TPSA) is 289 Å². The largest absolute Gasteiger partial charge is 0.494 e. The van der Waals surface area contributed by atoms with Gasteiger partial charge in [0.1, 0.15) is 38.6 Å². The number of nitro benzene ring substituents is 2. The Bertz CT molecular complexity index is 4150. The number of aliphatic hydroxyl groups is 1. The second kappa shape index (κ2) is 45.4. The van der Waals surface area contributed by atoms with E-state index in [1.807, 2.05) is 24.3 Å². The summed E-state index contributed by atoms with van der Waals surface area (Å²) in [4.78, 5) is 50.7. The van der Waals surface area contributed by atoms with E-state index in [0.717, 1.165) is 117 Å². The van der Waals surface area contributed by atoms with E-state index in [9.17, 15) is 68.7 Å². The Kier molecular flexibility index (Phi) is 40.2. The van der Waals surface area contributed by atoms with E-state index in [4.69, 9.17) is 40.6 Å². The van der Waals surface area contributed by atoms with Crippen LogP contribution in [0.5, 0.6) is 23.0 Å². The zero-order chi connectivity index (χ0) is 83.0. The van der Waals surface area contributed by atoms with Gasteiger partial charge in [-0.3, -0.25) is 29.6 Å². The number of non-ortho nitro benzene ring substituents is 2. The molecular weight excluding hydrogens is 1680 g/mol. The quantitative estimate of drug-likeness (QED) is 0.00887. The molecule has 37 heteroatoms. The summed E-state index contributed by atoms with van der Waals surface area (Å²) in [7, 11) is -18.8. The molecule has 0 unspecified atom stereocenters. The van der Waals surface area contributed by atoms with Gasteiger partial charge in [-0.1, -0.05) is 82.5 Å². The first kappa shape index (κ1) is 101. The fourth-order valence-corrected chi connectivity index (χ4v) is 14.1. The molecule has 7 aromatic rings. The molecule has 0 aliphatic carbocycles. The molecule has 22 nitrogen and oxygen atoms in total. The molecule has 1 radical (unpaired) electrons. The first-order valence-corrected chi connectivity index (χ1v) is 42.1. The third-order valence-corrected chi connectivity index (χ3v) is 21.0. The molecular formula is C77H108BrClF10N10O12S2V. The Morgan fingerprint density at radius 2 is 0.930 bits per heavy atom. The standard InChI is InChI=1S/C24H28F5N3O2S.C15H22N2O3.C15H24N2O.C9H10BrNO3.C7H6F5NO2S.C6H13N.CH4O.ClH.V/c1-17-5-3-12-31(16-17)13-4-14-34-20-8-6-19(7-9-20)32-18(2)30-23-11-10-21(15-22(23)24(32)33)35(25,26,27,28)29;1-13-4-2-9-16(12-13)10-3-11-20-15-7-5-14(6-8-15)17(18)19;1-13-4-2-9-17(12-13)10-3-11-18-15-7-5-14(16)6-8-15;10-6-1-7-14-9-4-2-8(3-5-9)11(12)13;8-16(9,10,11,12)4-1-2-6(13)5(3-4)7(14)15;1-6-3-2-4-7-5-6;1-2;;/h6-11,15,17H,3-5,12-14,16H2,1-2H3;5-8,13H,2-4,9-12H2,1H3;5-8,13H,2-4,9-12,16H2,1H3;2-5H,1,6-7H2;1-3H,13H2,(H,14,15);6-7H,2-5H2,1H3;2H,1H3;1H;/t17-;2*13-;;;6-;;;/m000..0.../s1. The summed E-state index contributed by atoms with van der Waals surface area (Å²) in [5.41, 5.74) is 9.50. The molecule has 639 valence electrons. The van der Waals surface area contributed by atoms with Crippen LogP contribution in [0.25, 0.3) is 16.6 Å². The summed E-state index contributed by atoms with van der Waals surface area (Å²) < 4.78 is 151. The van der Waals surface area contributed by atoms with Crippen molar-refractivity contribution >= 4 is 88.4 Å². The number of carbonyl (C=O) groups is 1. The molecule has 0 spiro atoms. The zero-order valence-electron chi connectivity index (χ0n) is 64.9. The maximum atomic E-state index is 13.3. The van der Waals surface area contributed by atoms with Gasteiger partial charge in [0, 0.05) is 106 Å². The van der Waals surface area contributed by atoms with E-state index in [1.165, 1.54) is 122 Å². The minimum Gasteiger partial charge on any atom is -0.494 e. The van der Waals surface area contributed by atoms with E-state index in [-0.39, 0.29) is 77.9 Å². The number of piperidine rings is 4. The van der Waals surface area contributed by atoms with Gasteiger partial charge in [0.05, 0.1) is 58.4 Å². The molecule has 0 amide bonds. The SMILES string of the molecule is CO.C[C@H]1CCCN(CCCOc2ccc(N)cc2)C1.C[C@H]1CCCN(CCCOc2ccc([N+](=O)[O-])cc2)C1.C[C@H]1CCCNC1.Cc1nc2ccc(S(F)(F)(F)(F)F)cc2c(=O)n1-c1ccc(OCCCN2CCC[C@H](C)C2)cc1.Cl.Nc1ccc(S(F)(F)(F)(F)F)cc1C(=O)O.O=[N+]([O-])c1ccc(OCCCBr)cc1.[V]. The molecule has 0 saturated carbocycles. The molecule has 11 rings (SSSR count). The van der Waals surface area contributed by atoms with Crippen molar-refractivity contribution in [2.75, 3.05) is 122 Å². The van der Waals surface area contributed by atoms with Gasteiger partial charge in [-0.05, 0) is 250 Å². The van der Waals surface area contributed by atoms with Crippen LogP contribution in [0, 0.1) is 50.8 Å². The smallest absolute Gasteiger partial charge is 0.337 e. The number of nitrogens with two attached hydrogens (primary N) is 2. The van der Waals surface area contributed by atoms with Crippen molar-refractivity contribution in [3.63, 3.8) is 0 Å². The second-order valence-corrected chi connectivity index (χ2v) is 33.7. The number of aromatic carboxylic acids is 1. The number of hydrogen-bond donors (Lipinski definition) is 5. The molecule has 4 aliphatic heterocycles. The Balaban J connectivity index is 0.000000371. The van der Waals surface area contributed by atoms with E-state index < -0.39 is 68.3 Å². The number of nitrogen functional groups attached to an aromatic ring is 2. The molecule has 1 aromatic heterocycles. The third kappa shape index (κ3) is 36.9. The van der Waals surface area contributed by atoms with E-state index in [0.29, 0.717) is 54.7 Å². The minimum atomic E-state index is -9.94. The molecule has 4 saturated heterocycles. The number of nitrogens with one attached hydrogen (secondary N) is 1. The van der Waals surface area contributed by atoms with Crippen LogP contribution in [0.15, 0.2) is 148 Å². The van der Waals surface area contributed by atoms with Gasteiger partial charge in [0.25, 0.3) is 16.9 Å². The Morgan fingerprint density at radius 1 is 0.561 bits per heavy atom. The number of ether oxygens (including phenoxy) is 4. The number of aromatic nitrogens is 2. The van der Waals surface area contributed by atoms with E-state index in [2.05, 4.69) is 68.6 Å². The minimum absolute atomic E-state index is 0. The summed E-state index contributed by atoms with van der Waals surface area (Å²) in [6.07, 6.45) is 14.5. The molecule has 7 N–H and O–H groups in total. The van der Waals surface area contributed by atoms with Crippen LogP contribution in [-0.2, 0) is 18.6 Å². The summed E-state index contributed by atoms with van der Waals surface area (Å²) in [5.74, 6) is 4.57. The summed E-state index contributed by atoms with van der Waals surface area (Å²) >= 11 is 3.28. The number of anilines is 2. The average Bonchev–Trinajstić information content (AvgIpc) is 0.727. The molecule has 4 aliphatic rings. The number of carboxylic acid groups (broad SMARTS) is 1. The van der Waals surface area contributed by atoms with Gasteiger partial charge >= 0.3 is 26.4 Å². The van der Waals surface area contributed by atoms with Crippen molar-refractivity contribution in [3.05, 3.63) is 175 Å².